The minimum atomic E-state index is -0.728. The summed E-state index contributed by atoms with van der Waals surface area (Å²) in [6.07, 6.45) is 7.11. The molecule has 0 saturated carbocycles. The van der Waals surface area contributed by atoms with Crippen molar-refractivity contribution in [2.45, 2.75) is 44.9 Å². The van der Waals surface area contributed by atoms with Gasteiger partial charge >= 0.3 is 0 Å². The van der Waals surface area contributed by atoms with Gasteiger partial charge in [0.2, 0.25) is 0 Å². The summed E-state index contributed by atoms with van der Waals surface area (Å²) in [5.74, 6) is -1.63. The van der Waals surface area contributed by atoms with E-state index in [1.165, 1.54) is 27.5 Å². The molecule has 0 radical (unpaired) electrons. The molecule has 1 saturated heterocycles. The number of benzene rings is 1. The van der Waals surface area contributed by atoms with Gasteiger partial charge < -0.3 is 10.6 Å². The summed E-state index contributed by atoms with van der Waals surface area (Å²) in [7, 11) is 0. The van der Waals surface area contributed by atoms with Crippen LogP contribution in [0.1, 0.15) is 66.6 Å². The van der Waals surface area contributed by atoms with E-state index < -0.39 is 17.5 Å². The minimum absolute atomic E-state index is 0.0123. The van der Waals surface area contributed by atoms with Gasteiger partial charge in [-0.1, -0.05) is 13.8 Å². The zero-order valence-corrected chi connectivity index (χ0v) is 19.6. The molecule has 0 aliphatic carbocycles. The van der Waals surface area contributed by atoms with Crippen LogP contribution in [-0.4, -0.2) is 43.4 Å². The van der Waals surface area contributed by atoms with Gasteiger partial charge in [-0.2, -0.15) is 10.2 Å². The molecule has 1 amide bonds. The summed E-state index contributed by atoms with van der Waals surface area (Å²) in [6, 6.07) is 6.10. The minimum Gasteiger partial charge on any atom is -0.317 e. The molecule has 5 rings (SSSR count). The third-order valence-electron chi connectivity index (χ3n) is 6.68. The van der Waals surface area contributed by atoms with E-state index in [-0.39, 0.29) is 28.9 Å². The van der Waals surface area contributed by atoms with Gasteiger partial charge in [0, 0.05) is 24.4 Å². The molecule has 4 heterocycles. The van der Waals surface area contributed by atoms with Gasteiger partial charge in [0.05, 0.1) is 11.9 Å². The Morgan fingerprint density at radius 2 is 1.97 bits per heavy atom. The van der Waals surface area contributed by atoms with Crippen LogP contribution in [0.3, 0.4) is 0 Å². The van der Waals surface area contributed by atoms with E-state index in [1.54, 1.807) is 24.5 Å². The van der Waals surface area contributed by atoms with Crippen LogP contribution in [0.25, 0.3) is 11.3 Å². The van der Waals surface area contributed by atoms with Crippen LogP contribution in [0.5, 0.6) is 0 Å². The number of rotatable bonds is 6. The Balaban J connectivity index is 1.57. The lowest BCUT2D eigenvalue weighted by atomic mass is 9.95. The summed E-state index contributed by atoms with van der Waals surface area (Å²) in [6.45, 7) is 5.56. The predicted octanol–water partition coefficient (Wildman–Crippen LogP) is 4.43. The molecule has 1 aliphatic heterocycles. The molecule has 1 unspecified atom stereocenters. The maximum atomic E-state index is 15.3. The number of aromatic nitrogens is 5. The molecule has 2 N–H and O–H groups in total. The molecule has 0 spiro atoms. The summed E-state index contributed by atoms with van der Waals surface area (Å²) in [5, 5.41) is 14.8. The highest BCUT2D eigenvalue weighted by Gasteiger charge is 2.25. The lowest BCUT2D eigenvalue weighted by Crippen LogP contribution is -2.26. The number of hydrogen-bond donors (Lipinski definition) is 2. The molecule has 0 bridgehead atoms. The topological polar surface area (TPSA) is 89.1 Å². The first kappa shape index (κ1) is 23.1. The second-order valence-electron chi connectivity index (χ2n) is 8.93. The van der Waals surface area contributed by atoms with Crippen LogP contribution in [0.15, 0.2) is 42.9 Å². The number of amides is 1. The standard InChI is InChI=1S/C25H27F2N7O/c1-3-15(2)17-11-19(26)23(20(27)12-17)34-22(13-21(32-34)16-5-8-28-9-6-16)31-25(35)18-14-30-33-10-4-7-29-24(18)33/h4,7,10-16,28H,3,5-6,8-9H2,1-2H3,(H,31,35). The number of carbonyl (C=O) groups is 1. The fraction of sp³-hybridized carbons (Fsp3) is 0.360. The maximum absolute atomic E-state index is 15.3. The van der Waals surface area contributed by atoms with Crippen molar-refractivity contribution < 1.29 is 13.6 Å². The number of anilines is 1. The fourth-order valence-corrected chi connectivity index (χ4v) is 4.45. The Hall–Kier alpha value is -3.66. The summed E-state index contributed by atoms with van der Waals surface area (Å²) in [4.78, 5) is 17.4. The number of piperidine rings is 1. The molecular formula is C25H27F2N7O. The molecule has 1 fully saturated rings. The fourth-order valence-electron chi connectivity index (χ4n) is 4.45. The van der Waals surface area contributed by atoms with Crippen molar-refractivity contribution in [3.8, 4) is 5.69 Å². The van der Waals surface area contributed by atoms with E-state index in [2.05, 4.69) is 25.8 Å². The smallest absolute Gasteiger partial charge is 0.262 e. The van der Waals surface area contributed by atoms with Crippen LogP contribution in [0.2, 0.25) is 0 Å². The first-order valence-electron chi connectivity index (χ1n) is 11.9. The third-order valence-corrected chi connectivity index (χ3v) is 6.68. The van der Waals surface area contributed by atoms with Crippen molar-refractivity contribution >= 4 is 17.4 Å². The molecule has 10 heteroatoms. The monoisotopic (exact) mass is 479 g/mol. The molecule has 8 nitrogen and oxygen atoms in total. The van der Waals surface area contributed by atoms with E-state index in [1.807, 2.05) is 13.8 Å². The van der Waals surface area contributed by atoms with E-state index in [0.29, 0.717) is 16.9 Å². The summed E-state index contributed by atoms with van der Waals surface area (Å²) >= 11 is 0. The zero-order chi connectivity index (χ0) is 24.5. The predicted molar refractivity (Wildman–Crippen MR) is 128 cm³/mol. The highest BCUT2D eigenvalue weighted by molar-refractivity contribution is 6.07. The molecular weight excluding hydrogens is 452 g/mol. The summed E-state index contributed by atoms with van der Waals surface area (Å²) < 4.78 is 33.2. The second-order valence-corrected chi connectivity index (χ2v) is 8.93. The zero-order valence-electron chi connectivity index (χ0n) is 19.6. The molecule has 4 aromatic rings. The van der Waals surface area contributed by atoms with Crippen LogP contribution >= 0.6 is 0 Å². The maximum Gasteiger partial charge on any atom is 0.262 e. The Morgan fingerprint density at radius 1 is 1.23 bits per heavy atom. The Bertz CT molecular complexity index is 1350. The van der Waals surface area contributed by atoms with Gasteiger partial charge in [0.15, 0.2) is 17.3 Å². The number of fused-ring (bicyclic) bond motifs is 1. The molecule has 1 atom stereocenters. The van der Waals surface area contributed by atoms with Gasteiger partial charge in [-0.05, 0) is 62.0 Å². The second kappa shape index (κ2) is 9.53. The number of halogens is 2. The van der Waals surface area contributed by atoms with Gasteiger partial charge in [0.25, 0.3) is 5.91 Å². The molecule has 35 heavy (non-hydrogen) atoms. The lowest BCUT2D eigenvalue weighted by molar-refractivity contribution is 0.102. The van der Waals surface area contributed by atoms with E-state index in [0.717, 1.165) is 32.4 Å². The number of hydrogen-bond acceptors (Lipinski definition) is 5. The first-order chi connectivity index (χ1) is 17.0. The van der Waals surface area contributed by atoms with Crippen LogP contribution in [-0.2, 0) is 0 Å². The normalized spacial score (nSPS) is 15.4. The first-order valence-corrected chi connectivity index (χ1v) is 11.9. The SMILES string of the molecule is CCC(C)c1cc(F)c(-n2nc(C3CCNCC3)cc2NC(=O)c2cnn3cccnc23)c(F)c1. The number of nitrogens with one attached hydrogen (secondary N) is 2. The van der Waals surface area contributed by atoms with E-state index >= 15 is 8.78 Å². The molecule has 3 aromatic heterocycles. The molecule has 182 valence electrons. The quantitative estimate of drug-likeness (QED) is 0.427. The van der Waals surface area contributed by atoms with Crippen LogP contribution < -0.4 is 10.6 Å². The number of nitrogens with zero attached hydrogens (tertiary/aromatic N) is 5. The average Bonchev–Trinajstić information content (AvgIpc) is 3.48. The molecule has 1 aliphatic rings. The van der Waals surface area contributed by atoms with E-state index in [9.17, 15) is 4.79 Å². The highest BCUT2D eigenvalue weighted by Crippen LogP contribution is 2.32. The van der Waals surface area contributed by atoms with Crippen LogP contribution in [0.4, 0.5) is 14.6 Å². The van der Waals surface area contributed by atoms with Crippen molar-refractivity contribution in [3.63, 3.8) is 0 Å². The Kier molecular flexibility index (Phi) is 6.29. The van der Waals surface area contributed by atoms with E-state index in [4.69, 9.17) is 0 Å². The van der Waals surface area contributed by atoms with Crippen molar-refractivity contribution in [2.75, 3.05) is 18.4 Å². The Labute approximate surface area is 201 Å². The van der Waals surface area contributed by atoms with Crippen molar-refractivity contribution in [2.24, 2.45) is 0 Å². The lowest BCUT2D eigenvalue weighted by Gasteiger charge is -2.20. The average molecular weight is 480 g/mol. The van der Waals surface area contributed by atoms with Crippen molar-refractivity contribution in [3.05, 3.63) is 71.3 Å². The van der Waals surface area contributed by atoms with Gasteiger partial charge in [-0.15, -0.1) is 0 Å². The van der Waals surface area contributed by atoms with Crippen LogP contribution in [0, 0.1) is 11.6 Å². The molecule has 1 aromatic carbocycles. The third kappa shape index (κ3) is 4.41. The van der Waals surface area contributed by atoms with Crippen molar-refractivity contribution in [1.29, 1.82) is 0 Å². The highest BCUT2D eigenvalue weighted by atomic mass is 19.1. The summed E-state index contributed by atoms with van der Waals surface area (Å²) in [5.41, 5.74) is 1.58. The van der Waals surface area contributed by atoms with Gasteiger partial charge in [-0.25, -0.2) is 23.0 Å². The van der Waals surface area contributed by atoms with Gasteiger partial charge in [-0.3, -0.25) is 4.79 Å². The largest absolute Gasteiger partial charge is 0.317 e. The van der Waals surface area contributed by atoms with Crippen molar-refractivity contribution in [1.82, 2.24) is 29.7 Å². The van der Waals surface area contributed by atoms with Gasteiger partial charge in [0.1, 0.15) is 17.1 Å². The number of carbonyl (C=O) groups excluding carboxylic acids is 1. The Morgan fingerprint density at radius 3 is 2.69 bits per heavy atom.